The smallest absolute Gasteiger partial charge is 0.307 e. The van der Waals surface area contributed by atoms with Crippen molar-refractivity contribution in [3.63, 3.8) is 0 Å². The summed E-state index contributed by atoms with van der Waals surface area (Å²) in [6.45, 7) is 2.54. The van der Waals surface area contributed by atoms with Crippen LogP contribution in [0.25, 0.3) is 0 Å². The zero-order valence-corrected chi connectivity index (χ0v) is 10.4. The van der Waals surface area contributed by atoms with Gasteiger partial charge in [-0.15, -0.1) is 0 Å². The molecular formula is C12H18N2O3. The van der Waals surface area contributed by atoms with E-state index < -0.39 is 0 Å². The van der Waals surface area contributed by atoms with E-state index in [2.05, 4.69) is 15.0 Å². The molecule has 17 heavy (non-hydrogen) atoms. The van der Waals surface area contributed by atoms with E-state index in [1.165, 1.54) is 7.11 Å². The first kappa shape index (κ1) is 13.4. The van der Waals surface area contributed by atoms with Crippen molar-refractivity contribution in [2.45, 2.75) is 25.9 Å². The molecule has 94 valence electrons. The van der Waals surface area contributed by atoms with Crippen LogP contribution in [0.2, 0.25) is 0 Å². The first-order valence-electron chi connectivity index (χ1n) is 5.45. The van der Waals surface area contributed by atoms with E-state index in [-0.39, 0.29) is 12.0 Å². The molecule has 5 heteroatoms. The molecule has 0 spiro atoms. The Labute approximate surface area is 101 Å². The SMILES string of the molecule is COC(=O)CC(C)NCc1cccnc1OC. The van der Waals surface area contributed by atoms with E-state index in [9.17, 15) is 4.79 Å². The van der Waals surface area contributed by atoms with Gasteiger partial charge in [0.2, 0.25) is 5.88 Å². The highest BCUT2D eigenvalue weighted by Crippen LogP contribution is 2.13. The van der Waals surface area contributed by atoms with Gasteiger partial charge in [-0.05, 0) is 13.0 Å². The van der Waals surface area contributed by atoms with Gasteiger partial charge in [-0.3, -0.25) is 4.79 Å². The molecule has 0 fully saturated rings. The van der Waals surface area contributed by atoms with Gasteiger partial charge in [0.15, 0.2) is 0 Å². The first-order chi connectivity index (χ1) is 8.17. The monoisotopic (exact) mass is 238 g/mol. The normalized spacial score (nSPS) is 11.9. The van der Waals surface area contributed by atoms with Gasteiger partial charge in [0.25, 0.3) is 0 Å². The van der Waals surface area contributed by atoms with Gasteiger partial charge in [-0.2, -0.15) is 0 Å². The maximum absolute atomic E-state index is 11.1. The Morgan fingerprint density at radius 3 is 2.94 bits per heavy atom. The molecule has 1 heterocycles. The minimum Gasteiger partial charge on any atom is -0.481 e. The van der Waals surface area contributed by atoms with Crippen molar-refractivity contribution in [3.8, 4) is 5.88 Å². The van der Waals surface area contributed by atoms with Gasteiger partial charge in [0, 0.05) is 24.3 Å². The number of hydrogen-bond acceptors (Lipinski definition) is 5. The number of ether oxygens (including phenoxy) is 2. The number of nitrogens with one attached hydrogen (secondary N) is 1. The lowest BCUT2D eigenvalue weighted by Gasteiger charge is -2.13. The lowest BCUT2D eigenvalue weighted by molar-refractivity contribution is -0.141. The summed E-state index contributed by atoms with van der Waals surface area (Å²) in [5, 5.41) is 3.22. The molecular weight excluding hydrogens is 220 g/mol. The number of carbonyl (C=O) groups excluding carboxylic acids is 1. The number of nitrogens with zero attached hydrogens (tertiary/aromatic N) is 1. The van der Waals surface area contributed by atoms with Crippen molar-refractivity contribution >= 4 is 5.97 Å². The summed E-state index contributed by atoms with van der Waals surface area (Å²) in [6, 6.07) is 3.83. The Morgan fingerprint density at radius 1 is 1.53 bits per heavy atom. The minimum absolute atomic E-state index is 0.0485. The van der Waals surface area contributed by atoms with Crippen LogP contribution < -0.4 is 10.1 Å². The quantitative estimate of drug-likeness (QED) is 0.753. The maximum Gasteiger partial charge on any atom is 0.307 e. The van der Waals surface area contributed by atoms with Gasteiger partial charge >= 0.3 is 5.97 Å². The Hall–Kier alpha value is -1.62. The molecule has 0 radical (unpaired) electrons. The highest BCUT2D eigenvalue weighted by molar-refractivity contribution is 5.69. The van der Waals surface area contributed by atoms with Crippen LogP contribution in [0.4, 0.5) is 0 Å². The molecule has 1 rings (SSSR count). The largest absolute Gasteiger partial charge is 0.481 e. The van der Waals surface area contributed by atoms with E-state index in [1.54, 1.807) is 13.3 Å². The number of methoxy groups -OCH3 is 2. The van der Waals surface area contributed by atoms with Gasteiger partial charge in [-0.1, -0.05) is 6.07 Å². The van der Waals surface area contributed by atoms with Gasteiger partial charge < -0.3 is 14.8 Å². The molecule has 0 bridgehead atoms. The summed E-state index contributed by atoms with van der Waals surface area (Å²) in [6.07, 6.45) is 2.03. The topological polar surface area (TPSA) is 60.5 Å². The minimum atomic E-state index is -0.219. The van der Waals surface area contributed by atoms with Crippen LogP contribution in [0.5, 0.6) is 5.88 Å². The summed E-state index contributed by atoms with van der Waals surface area (Å²) in [5.74, 6) is 0.383. The zero-order valence-electron chi connectivity index (χ0n) is 10.4. The Morgan fingerprint density at radius 2 is 2.29 bits per heavy atom. The number of carbonyl (C=O) groups is 1. The zero-order chi connectivity index (χ0) is 12.7. The van der Waals surface area contributed by atoms with Crippen LogP contribution in [0.3, 0.4) is 0 Å². The van der Waals surface area contributed by atoms with E-state index in [0.29, 0.717) is 18.8 Å². The maximum atomic E-state index is 11.1. The van der Waals surface area contributed by atoms with Crippen molar-refractivity contribution < 1.29 is 14.3 Å². The van der Waals surface area contributed by atoms with E-state index in [0.717, 1.165) is 5.56 Å². The molecule has 0 aromatic carbocycles. The molecule has 1 unspecified atom stereocenters. The molecule has 0 saturated heterocycles. The molecule has 0 aliphatic carbocycles. The van der Waals surface area contributed by atoms with Crippen LogP contribution in [0.15, 0.2) is 18.3 Å². The third-order valence-electron chi connectivity index (χ3n) is 2.38. The third-order valence-corrected chi connectivity index (χ3v) is 2.38. The van der Waals surface area contributed by atoms with Crippen molar-refractivity contribution in [1.82, 2.24) is 10.3 Å². The predicted octanol–water partition coefficient (Wildman–Crippen LogP) is 1.13. The summed E-state index contributed by atoms with van der Waals surface area (Å²) in [7, 11) is 2.98. The summed E-state index contributed by atoms with van der Waals surface area (Å²) >= 11 is 0. The lowest BCUT2D eigenvalue weighted by atomic mass is 10.2. The molecule has 1 atom stereocenters. The standard InChI is InChI=1S/C12H18N2O3/c1-9(7-11(15)16-2)14-8-10-5-4-6-13-12(10)17-3/h4-6,9,14H,7-8H2,1-3H3. The van der Waals surface area contributed by atoms with Crippen LogP contribution in [-0.4, -0.2) is 31.2 Å². The number of rotatable bonds is 6. The highest BCUT2D eigenvalue weighted by atomic mass is 16.5. The predicted molar refractivity (Wildman–Crippen MR) is 63.7 cm³/mol. The van der Waals surface area contributed by atoms with E-state index in [1.807, 2.05) is 19.1 Å². The highest BCUT2D eigenvalue weighted by Gasteiger charge is 2.10. The van der Waals surface area contributed by atoms with Crippen molar-refractivity contribution in [2.75, 3.05) is 14.2 Å². The number of hydrogen-bond donors (Lipinski definition) is 1. The molecule has 0 aliphatic heterocycles. The van der Waals surface area contributed by atoms with Crippen molar-refractivity contribution in [2.24, 2.45) is 0 Å². The van der Waals surface area contributed by atoms with E-state index in [4.69, 9.17) is 4.74 Å². The average molecular weight is 238 g/mol. The van der Waals surface area contributed by atoms with E-state index >= 15 is 0 Å². The van der Waals surface area contributed by atoms with Crippen LogP contribution in [0.1, 0.15) is 18.9 Å². The second-order valence-electron chi connectivity index (χ2n) is 3.73. The van der Waals surface area contributed by atoms with Gasteiger partial charge in [0.1, 0.15) is 0 Å². The van der Waals surface area contributed by atoms with Crippen molar-refractivity contribution in [3.05, 3.63) is 23.9 Å². The lowest BCUT2D eigenvalue weighted by Crippen LogP contribution is -2.28. The molecule has 1 aromatic rings. The third kappa shape index (κ3) is 4.40. The van der Waals surface area contributed by atoms with Crippen LogP contribution in [-0.2, 0) is 16.1 Å². The number of esters is 1. The fourth-order valence-electron chi connectivity index (χ4n) is 1.43. The Bertz CT molecular complexity index is 369. The Kier molecular flexibility index (Phi) is 5.42. The first-order valence-corrected chi connectivity index (χ1v) is 5.45. The number of pyridine rings is 1. The molecule has 0 saturated carbocycles. The molecule has 0 aliphatic rings. The molecule has 5 nitrogen and oxygen atoms in total. The molecule has 1 N–H and O–H groups in total. The van der Waals surface area contributed by atoms with Gasteiger partial charge in [-0.25, -0.2) is 4.98 Å². The fourth-order valence-corrected chi connectivity index (χ4v) is 1.43. The average Bonchev–Trinajstić information content (AvgIpc) is 2.36. The van der Waals surface area contributed by atoms with Crippen LogP contribution in [0, 0.1) is 0 Å². The second kappa shape index (κ2) is 6.85. The molecule has 1 aromatic heterocycles. The van der Waals surface area contributed by atoms with Crippen LogP contribution >= 0.6 is 0 Å². The summed E-state index contributed by atoms with van der Waals surface area (Å²) in [4.78, 5) is 15.2. The molecule has 0 amide bonds. The fraction of sp³-hybridized carbons (Fsp3) is 0.500. The Balaban J connectivity index is 2.47. The van der Waals surface area contributed by atoms with Gasteiger partial charge in [0.05, 0.1) is 20.6 Å². The summed E-state index contributed by atoms with van der Waals surface area (Å²) in [5.41, 5.74) is 0.965. The number of aromatic nitrogens is 1. The van der Waals surface area contributed by atoms with Crippen molar-refractivity contribution in [1.29, 1.82) is 0 Å². The summed E-state index contributed by atoms with van der Waals surface area (Å²) < 4.78 is 9.74. The second-order valence-corrected chi connectivity index (χ2v) is 3.73.